The Morgan fingerprint density at radius 3 is 1.68 bits per heavy atom. The van der Waals surface area contributed by atoms with Crippen molar-refractivity contribution in [1.82, 2.24) is 4.48 Å². The van der Waals surface area contributed by atoms with E-state index in [1.54, 1.807) is 6.07 Å². The van der Waals surface area contributed by atoms with Gasteiger partial charge in [0, 0.05) is 23.9 Å². The minimum Gasteiger partial charge on any atom is -0.465 e. The largest absolute Gasteiger partial charge is 0.465 e. The second kappa shape index (κ2) is 12.3. The zero-order chi connectivity index (χ0) is 17.9. The van der Waals surface area contributed by atoms with Crippen LogP contribution in [0.1, 0.15) is 10.4 Å². The number of esters is 1. The number of carbonyl (C=O) groups is 1. The molecule has 0 amide bonds. The Balaban J connectivity index is 0. The molecule has 11 heteroatoms. The zero-order valence-corrected chi connectivity index (χ0v) is 18.0. The van der Waals surface area contributed by atoms with E-state index in [2.05, 4.69) is 17.8 Å². The van der Waals surface area contributed by atoms with Gasteiger partial charge in [-0.05, 0) is 6.07 Å². The molecule has 0 unspecified atom stereocenters. The average molecular weight is 583 g/mol. The first-order chi connectivity index (χ1) is 9.93. The summed E-state index contributed by atoms with van der Waals surface area (Å²) in [5, 5.41) is 0. The van der Waals surface area contributed by atoms with Gasteiger partial charge in [-0.25, -0.2) is 17.1 Å². The van der Waals surface area contributed by atoms with E-state index in [4.69, 9.17) is 17.0 Å². The molecule has 0 atom stereocenters. The van der Waals surface area contributed by atoms with Gasteiger partial charge in [-0.15, -0.1) is 0 Å². The SMILES string of the molecule is COC(=O)c1ccccc1[N+](C)(C)C.O=I(=O)Cl.O=I(=O)Cl. The minimum atomic E-state index is -3.29. The number of quaternary nitrogens is 1. The number of carbonyl (C=O) groups excluding carboxylic acids is 1. The maximum atomic E-state index is 11.4. The number of halogens is 4. The summed E-state index contributed by atoms with van der Waals surface area (Å²) >= 11 is -6.58. The Hall–Kier alpha value is -0.110. The van der Waals surface area contributed by atoms with Gasteiger partial charge in [0.15, 0.2) is 0 Å². The van der Waals surface area contributed by atoms with E-state index >= 15 is 0 Å². The van der Waals surface area contributed by atoms with Gasteiger partial charge in [0.05, 0.1) is 28.3 Å². The van der Waals surface area contributed by atoms with Crippen LogP contribution in [0, 0.1) is 0 Å². The van der Waals surface area contributed by atoms with E-state index < -0.39 is 37.3 Å². The van der Waals surface area contributed by atoms with Gasteiger partial charge in [0.2, 0.25) is 0 Å². The van der Waals surface area contributed by atoms with Crippen LogP contribution in [0.2, 0.25) is 0 Å². The van der Waals surface area contributed by atoms with Crippen LogP contribution in [0.25, 0.3) is 0 Å². The van der Waals surface area contributed by atoms with Crippen LogP contribution in [-0.2, 0) is 17.0 Å². The minimum absolute atomic E-state index is 0.284. The monoisotopic (exact) mass is 582 g/mol. The fourth-order valence-corrected chi connectivity index (χ4v) is 1.34. The fourth-order valence-electron chi connectivity index (χ4n) is 1.34. The summed E-state index contributed by atoms with van der Waals surface area (Å²) in [6.07, 6.45) is 0. The Morgan fingerprint density at radius 1 is 1.00 bits per heavy atom. The second-order valence-corrected chi connectivity index (χ2v) is 9.56. The lowest BCUT2D eigenvalue weighted by Crippen LogP contribution is -2.36. The summed E-state index contributed by atoms with van der Waals surface area (Å²) in [5.74, 6) is -0.284. The van der Waals surface area contributed by atoms with Crippen LogP contribution >= 0.6 is 55.1 Å². The van der Waals surface area contributed by atoms with E-state index in [-0.39, 0.29) is 5.97 Å². The molecule has 0 aliphatic heterocycles. The van der Waals surface area contributed by atoms with E-state index in [1.807, 2.05) is 39.3 Å². The van der Waals surface area contributed by atoms with Crippen molar-refractivity contribution in [1.29, 1.82) is 0 Å². The van der Waals surface area contributed by atoms with Gasteiger partial charge in [-0.2, -0.15) is 0 Å². The number of hydrogen-bond acceptors (Lipinski definition) is 6. The number of methoxy groups -OCH3 is 1. The Morgan fingerprint density at radius 2 is 1.36 bits per heavy atom. The summed E-state index contributed by atoms with van der Waals surface area (Å²) in [7, 11) is 16.1. The van der Waals surface area contributed by atoms with Gasteiger partial charge >= 0.3 is 43.3 Å². The van der Waals surface area contributed by atoms with Crippen LogP contribution in [-0.4, -0.2) is 34.2 Å². The smallest absolute Gasteiger partial charge is 0.409 e. The van der Waals surface area contributed by atoms with Crippen molar-refractivity contribution < 1.29 is 21.8 Å². The van der Waals surface area contributed by atoms with Crippen LogP contribution in [0.4, 0.5) is 5.69 Å². The predicted octanol–water partition coefficient (Wildman–Crippen LogP) is 4.35. The second-order valence-electron chi connectivity index (χ2n) is 4.38. The highest BCUT2D eigenvalue weighted by molar-refractivity contribution is 14.2. The summed E-state index contributed by atoms with van der Waals surface area (Å²) in [4.78, 5) is 11.4. The Kier molecular flexibility index (Phi) is 13.5. The molecule has 1 rings (SSSR count). The van der Waals surface area contributed by atoms with Crippen LogP contribution in [0.3, 0.4) is 0 Å². The van der Waals surface area contributed by atoms with E-state index in [0.717, 1.165) is 5.69 Å². The van der Waals surface area contributed by atoms with Crippen LogP contribution in [0.15, 0.2) is 24.3 Å². The van der Waals surface area contributed by atoms with Crippen molar-refractivity contribution in [3.05, 3.63) is 29.8 Å². The maximum Gasteiger partial charge on any atom is 0.409 e. The van der Waals surface area contributed by atoms with Gasteiger partial charge in [-0.3, -0.25) is 4.48 Å². The lowest BCUT2D eigenvalue weighted by Gasteiger charge is -2.25. The molecule has 0 fully saturated rings. The third kappa shape index (κ3) is 13.5. The van der Waals surface area contributed by atoms with E-state index in [9.17, 15) is 4.79 Å². The fraction of sp³-hybridized carbons (Fsp3) is 0.364. The molecule has 0 aliphatic carbocycles. The highest BCUT2D eigenvalue weighted by atomic mass is 127. The quantitative estimate of drug-likeness (QED) is 0.292. The van der Waals surface area contributed by atoms with Gasteiger partial charge in [-0.1, -0.05) is 12.1 Å². The number of benzene rings is 1. The van der Waals surface area contributed by atoms with Crippen molar-refractivity contribution in [3.8, 4) is 0 Å². The van der Waals surface area contributed by atoms with Crippen molar-refractivity contribution >= 4 is 66.8 Å². The van der Waals surface area contributed by atoms with E-state index in [0.29, 0.717) is 10.0 Å². The maximum absolute atomic E-state index is 11.4. The topological polar surface area (TPSA) is 94.6 Å². The molecule has 0 heterocycles. The Bertz CT molecular complexity index is 587. The first kappa shape index (κ1) is 24.1. The summed E-state index contributed by atoms with van der Waals surface area (Å²) in [6.45, 7) is 0. The molecule has 1 aromatic carbocycles. The van der Waals surface area contributed by atoms with Crippen LogP contribution in [0.5, 0.6) is 0 Å². The normalized spacial score (nSPS) is 10.2. The van der Waals surface area contributed by atoms with Crippen molar-refractivity contribution in [2.75, 3.05) is 28.3 Å². The highest BCUT2D eigenvalue weighted by Gasteiger charge is 2.21. The molecule has 0 N–H and O–H groups in total. The first-order valence-electron chi connectivity index (χ1n) is 5.36. The molecular formula is C11H16Cl2I2NO6+. The molecule has 1 aromatic rings. The van der Waals surface area contributed by atoms with Gasteiger partial charge in [0.1, 0.15) is 11.3 Å². The number of para-hydroxylation sites is 1. The number of ether oxygens (including phenoxy) is 1. The molecule has 128 valence electrons. The predicted molar refractivity (Wildman–Crippen MR) is 99.8 cm³/mol. The average Bonchev–Trinajstić information content (AvgIpc) is 2.35. The summed E-state index contributed by atoms with van der Waals surface area (Å²) < 4.78 is 40.9. The highest BCUT2D eigenvalue weighted by Crippen LogP contribution is 2.22. The molecule has 0 aromatic heterocycles. The summed E-state index contributed by atoms with van der Waals surface area (Å²) in [6, 6.07) is 7.48. The Labute approximate surface area is 150 Å². The molecule has 0 bridgehead atoms. The molecule has 0 saturated carbocycles. The van der Waals surface area contributed by atoms with Crippen molar-refractivity contribution in [2.45, 2.75) is 0 Å². The summed E-state index contributed by atoms with van der Waals surface area (Å²) in [5.41, 5.74) is 1.59. The molecule has 0 spiro atoms. The van der Waals surface area contributed by atoms with Gasteiger partial charge < -0.3 is 4.74 Å². The molecule has 0 aliphatic rings. The first-order valence-corrected chi connectivity index (χ1v) is 14.3. The third-order valence-electron chi connectivity index (χ3n) is 2.03. The zero-order valence-electron chi connectivity index (χ0n) is 12.2. The van der Waals surface area contributed by atoms with Crippen molar-refractivity contribution in [2.24, 2.45) is 0 Å². The molecule has 0 radical (unpaired) electrons. The number of rotatable bonds is 2. The van der Waals surface area contributed by atoms with E-state index in [1.165, 1.54) is 7.11 Å². The number of hydrogen-bond donors (Lipinski definition) is 0. The van der Waals surface area contributed by atoms with Gasteiger partial charge in [0.25, 0.3) is 0 Å². The van der Waals surface area contributed by atoms with Crippen LogP contribution < -0.4 is 4.48 Å². The third-order valence-corrected chi connectivity index (χ3v) is 2.03. The molecule has 0 saturated heterocycles. The molecule has 7 nitrogen and oxygen atoms in total. The lowest BCUT2D eigenvalue weighted by molar-refractivity contribution is 0.0599. The number of nitrogens with zero attached hydrogens (tertiary/aromatic N) is 1. The standard InChI is InChI=1S/C11H16NO2.2ClIO2/c1-12(2,3)10-8-6-5-7-9(10)11(13)14-4;2*1-2(3)4/h5-8H,1-4H3;;/q+1;;. The lowest BCUT2D eigenvalue weighted by atomic mass is 10.1. The van der Waals surface area contributed by atoms with Crippen molar-refractivity contribution in [3.63, 3.8) is 0 Å². The molecular weight excluding hydrogens is 567 g/mol. The molecule has 22 heavy (non-hydrogen) atoms.